The van der Waals surface area contributed by atoms with Crippen molar-refractivity contribution in [1.82, 2.24) is 4.90 Å². The second-order valence-electron chi connectivity index (χ2n) is 5.15. The molecular formula is C15H18ClNO5. The Labute approximate surface area is 133 Å². The van der Waals surface area contributed by atoms with Crippen LogP contribution >= 0.6 is 11.6 Å². The Balaban J connectivity index is 2.10. The van der Waals surface area contributed by atoms with E-state index in [9.17, 15) is 14.7 Å². The van der Waals surface area contributed by atoms with Crippen molar-refractivity contribution in [1.29, 1.82) is 0 Å². The van der Waals surface area contributed by atoms with Crippen LogP contribution in [0.3, 0.4) is 0 Å². The monoisotopic (exact) mass is 327 g/mol. The number of amides is 1. The standard InChI is InChI=1S/C15H18ClNO5/c1-9-3-4-11(16)13(7-9)22-10(2)14(18)17-5-6-21-8-12(17)15(19)20/h3-4,7,10,12H,5-6,8H2,1-2H3,(H,19,20). The number of halogens is 1. The van der Waals surface area contributed by atoms with Crippen molar-refractivity contribution in [2.75, 3.05) is 19.8 Å². The summed E-state index contributed by atoms with van der Waals surface area (Å²) in [6.45, 7) is 3.99. The first kappa shape index (κ1) is 16.6. The van der Waals surface area contributed by atoms with Crippen molar-refractivity contribution in [3.63, 3.8) is 0 Å². The summed E-state index contributed by atoms with van der Waals surface area (Å²) in [6, 6.07) is 4.28. The van der Waals surface area contributed by atoms with Crippen LogP contribution in [-0.2, 0) is 14.3 Å². The van der Waals surface area contributed by atoms with Gasteiger partial charge >= 0.3 is 5.97 Å². The molecule has 0 aromatic heterocycles. The van der Waals surface area contributed by atoms with Crippen molar-refractivity contribution in [2.45, 2.75) is 26.0 Å². The van der Waals surface area contributed by atoms with Crippen LogP contribution in [0.25, 0.3) is 0 Å². The third-order valence-corrected chi connectivity index (χ3v) is 3.75. The highest BCUT2D eigenvalue weighted by atomic mass is 35.5. The lowest BCUT2D eigenvalue weighted by atomic mass is 10.2. The number of hydrogen-bond donors (Lipinski definition) is 1. The molecule has 1 N–H and O–H groups in total. The van der Waals surface area contributed by atoms with Gasteiger partial charge in [0.2, 0.25) is 0 Å². The first-order valence-corrected chi connectivity index (χ1v) is 7.31. The molecule has 0 spiro atoms. The van der Waals surface area contributed by atoms with Gasteiger partial charge in [-0.2, -0.15) is 0 Å². The van der Waals surface area contributed by atoms with Crippen LogP contribution in [0.1, 0.15) is 12.5 Å². The topological polar surface area (TPSA) is 76.1 Å². The van der Waals surface area contributed by atoms with Gasteiger partial charge in [-0.3, -0.25) is 4.79 Å². The van der Waals surface area contributed by atoms with Crippen LogP contribution in [-0.4, -0.2) is 53.8 Å². The summed E-state index contributed by atoms with van der Waals surface area (Å²) in [7, 11) is 0. The number of aliphatic carboxylic acids is 1. The highest BCUT2D eigenvalue weighted by molar-refractivity contribution is 6.32. The summed E-state index contributed by atoms with van der Waals surface area (Å²) >= 11 is 6.05. The molecule has 2 atom stereocenters. The summed E-state index contributed by atoms with van der Waals surface area (Å²) in [4.78, 5) is 24.9. The van der Waals surface area contributed by atoms with Gasteiger partial charge in [-0.1, -0.05) is 17.7 Å². The van der Waals surface area contributed by atoms with Gasteiger partial charge < -0.3 is 19.5 Å². The second-order valence-corrected chi connectivity index (χ2v) is 5.56. The molecule has 0 radical (unpaired) electrons. The largest absolute Gasteiger partial charge is 0.480 e. The molecule has 1 aliphatic heterocycles. The fourth-order valence-corrected chi connectivity index (χ4v) is 2.41. The molecule has 1 amide bonds. The van der Waals surface area contributed by atoms with E-state index < -0.39 is 24.0 Å². The quantitative estimate of drug-likeness (QED) is 0.911. The molecule has 1 fully saturated rings. The van der Waals surface area contributed by atoms with Gasteiger partial charge in [0.25, 0.3) is 5.91 Å². The van der Waals surface area contributed by atoms with Gasteiger partial charge in [0.1, 0.15) is 5.75 Å². The van der Waals surface area contributed by atoms with Gasteiger partial charge in [0, 0.05) is 6.54 Å². The van der Waals surface area contributed by atoms with Crippen LogP contribution in [0.5, 0.6) is 5.75 Å². The Bertz CT molecular complexity index is 577. The van der Waals surface area contributed by atoms with E-state index in [1.807, 2.05) is 13.0 Å². The first-order chi connectivity index (χ1) is 10.4. The third kappa shape index (κ3) is 3.69. The van der Waals surface area contributed by atoms with Gasteiger partial charge in [-0.25, -0.2) is 4.79 Å². The molecule has 7 heteroatoms. The molecule has 22 heavy (non-hydrogen) atoms. The van der Waals surface area contributed by atoms with Crippen molar-refractivity contribution in [3.05, 3.63) is 28.8 Å². The minimum absolute atomic E-state index is 0.0149. The maximum atomic E-state index is 12.5. The van der Waals surface area contributed by atoms with Crippen LogP contribution in [0.2, 0.25) is 5.02 Å². The lowest BCUT2D eigenvalue weighted by Crippen LogP contribution is -2.55. The lowest BCUT2D eigenvalue weighted by molar-refractivity contribution is -0.161. The molecule has 1 aromatic rings. The minimum atomic E-state index is -1.09. The summed E-state index contributed by atoms with van der Waals surface area (Å²) in [5.41, 5.74) is 0.953. The fourth-order valence-electron chi connectivity index (χ4n) is 2.25. The normalized spacial score (nSPS) is 19.6. The van der Waals surface area contributed by atoms with Crippen LogP contribution in [0.4, 0.5) is 0 Å². The number of carbonyl (C=O) groups is 2. The molecule has 0 aliphatic carbocycles. The molecule has 2 rings (SSSR count). The Morgan fingerprint density at radius 1 is 1.50 bits per heavy atom. The SMILES string of the molecule is Cc1ccc(Cl)c(OC(C)C(=O)N2CCOCC2C(=O)O)c1. The molecule has 1 aromatic carbocycles. The van der Waals surface area contributed by atoms with Crippen molar-refractivity contribution in [3.8, 4) is 5.75 Å². The fraction of sp³-hybridized carbons (Fsp3) is 0.467. The van der Waals surface area contributed by atoms with Crippen LogP contribution < -0.4 is 4.74 Å². The average molecular weight is 328 g/mol. The molecular weight excluding hydrogens is 310 g/mol. The van der Waals surface area contributed by atoms with E-state index in [1.165, 1.54) is 4.90 Å². The predicted molar refractivity (Wildman–Crippen MR) is 80.2 cm³/mol. The van der Waals surface area contributed by atoms with E-state index in [2.05, 4.69) is 0 Å². The Morgan fingerprint density at radius 2 is 2.23 bits per heavy atom. The van der Waals surface area contributed by atoms with E-state index >= 15 is 0 Å². The smallest absolute Gasteiger partial charge is 0.328 e. The highest BCUT2D eigenvalue weighted by Crippen LogP contribution is 2.26. The number of rotatable bonds is 4. The van der Waals surface area contributed by atoms with Crippen molar-refractivity contribution in [2.24, 2.45) is 0 Å². The summed E-state index contributed by atoms with van der Waals surface area (Å²) in [5, 5.41) is 9.58. The molecule has 2 unspecified atom stereocenters. The number of nitrogens with zero attached hydrogens (tertiary/aromatic N) is 1. The summed E-state index contributed by atoms with van der Waals surface area (Å²) < 4.78 is 10.7. The number of aryl methyl sites for hydroxylation is 1. The molecule has 1 aliphatic rings. The highest BCUT2D eigenvalue weighted by Gasteiger charge is 2.35. The molecule has 1 saturated heterocycles. The lowest BCUT2D eigenvalue weighted by Gasteiger charge is -2.34. The Morgan fingerprint density at radius 3 is 2.91 bits per heavy atom. The third-order valence-electron chi connectivity index (χ3n) is 3.43. The summed E-state index contributed by atoms with van der Waals surface area (Å²) in [5.74, 6) is -1.08. The number of benzene rings is 1. The van der Waals surface area contributed by atoms with Gasteiger partial charge in [-0.05, 0) is 31.5 Å². The first-order valence-electron chi connectivity index (χ1n) is 6.94. The minimum Gasteiger partial charge on any atom is -0.480 e. The molecule has 120 valence electrons. The van der Waals surface area contributed by atoms with E-state index in [-0.39, 0.29) is 13.2 Å². The average Bonchev–Trinajstić information content (AvgIpc) is 2.50. The van der Waals surface area contributed by atoms with Crippen molar-refractivity contribution >= 4 is 23.5 Å². The van der Waals surface area contributed by atoms with E-state index in [4.69, 9.17) is 21.1 Å². The second kappa shape index (κ2) is 6.98. The number of carbonyl (C=O) groups excluding carboxylic acids is 1. The summed E-state index contributed by atoms with van der Waals surface area (Å²) in [6.07, 6.45) is -0.834. The number of hydrogen-bond acceptors (Lipinski definition) is 4. The van der Waals surface area contributed by atoms with Gasteiger partial charge in [0.05, 0.1) is 18.2 Å². The zero-order chi connectivity index (χ0) is 16.3. The van der Waals surface area contributed by atoms with Crippen LogP contribution in [0.15, 0.2) is 18.2 Å². The molecule has 0 bridgehead atoms. The van der Waals surface area contributed by atoms with Gasteiger partial charge in [0.15, 0.2) is 12.1 Å². The number of morpholine rings is 1. The number of carboxylic acid groups (broad SMARTS) is 1. The van der Waals surface area contributed by atoms with Crippen molar-refractivity contribution < 1.29 is 24.2 Å². The molecule has 1 heterocycles. The van der Waals surface area contributed by atoms with E-state index in [0.29, 0.717) is 17.4 Å². The Kier molecular flexibility index (Phi) is 5.26. The Hall–Kier alpha value is -1.79. The number of ether oxygens (including phenoxy) is 2. The maximum absolute atomic E-state index is 12.5. The molecule has 6 nitrogen and oxygen atoms in total. The van der Waals surface area contributed by atoms with E-state index in [1.54, 1.807) is 19.1 Å². The van der Waals surface area contributed by atoms with Gasteiger partial charge in [-0.15, -0.1) is 0 Å². The predicted octanol–water partition coefficient (Wildman–Crippen LogP) is 1.73. The maximum Gasteiger partial charge on any atom is 0.328 e. The zero-order valence-corrected chi connectivity index (χ0v) is 13.2. The van der Waals surface area contributed by atoms with Crippen LogP contribution in [0, 0.1) is 6.92 Å². The van der Waals surface area contributed by atoms with E-state index in [0.717, 1.165) is 5.56 Å². The molecule has 0 saturated carbocycles. The zero-order valence-electron chi connectivity index (χ0n) is 12.4. The number of carboxylic acids is 1.